The molecule has 0 amide bonds. The Morgan fingerprint density at radius 3 is 3.10 bits per heavy atom. The molecule has 1 atom stereocenters. The fraction of sp³-hybridized carbons (Fsp3) is 0.286. The number of carbonyl (C=O) groups is 1. The van der Waals surface area contributed by atoms with Crippen LogP contribution in [0.15, 0.2) is 16.8 Å². The van der Waals surface area contributed by atoms with E-state index in [0.717, 1.165) is 12.0 Å². The summed E-state index contributed by atoms with van der Waals surface area (Å²) in [7, 11) is 0. The third-order valence-electron chi connectivity index (χ3n) is 1.12. The lowest BCUT2D eigenvalue weighted by Gasteiger charge is -2.04. The number of thiophene rings is 1. The molecule has 10 heavy (non-hydrogen) atoms. The van der Waals surface area contributed by atoms with Gasteiger partial charge in [0.15, 0.2) is 0 Å². The Kier molecular flexibility index (Phi) is 2.45. The van der Waals surface area contributed by atoms with Gasteiger partial charge in [-0.3, -0.25) is 0 Å². The number of hydrogen-bond donors (Lipinski definition) is 1. The molecule has 1 rings (SSSR count). The number of aldehydes is 1. The molecule has 0 radical (unpaired) electrons. The molecule has 0 fully saturated rings. The van der Waals surface area contributed by atoms with Crippen LogP contribution in [0.4, 0.5) is 5.69 Å². The minimum absolute atomic E-state index is 0.0883. The summed E-state index contributed by atoms with van der Waals surface area (Å²) in [5.74, 6) is 0. The van der Waals surface area contributed by atoms with Crippen LogP contribution in [-0.4, -0.2) is 12.3 Å². The zero-order valence-corrected chi connectivity index (χ0v) is 6.52. The zero-order chi connectivity index (χ0) is 7.40. The molecule has 1 aromatic rings. The van der Waals surface area contributed by atoms with Gasteiger partial charge in [0.05, 0.1) is 6.04 Å². The molecule has 0 saturated carbocycles. The van der Waals surface area contributed by atoms with Gasteiger partial charge in [0.1, 0.15) is 6.29 Å². The van der Waals surface area contributed by atoms with E-state index in [9.17, 15) is 4.79 Å². The smallest absolute Gasteiger partial charge is 0.141 e. The van der Waals surface area contributed by atoms with Gasteiger partial charge in [0.25, 0.3) is 0 Å². The van der Waals surface area contributed by atoms with Crippen LogP contribution >= 0.6 is 11.3 Å². The maximum atomic E-state index is 10.2. The highest BCUT2D eigenvalue weighted by atomic mass is 32.1. The first-order valence-corrected chi connectivity index (χ1v) is 4.01. The fourth-order valence-corrected chi connectivity index (χ4v) is 1.24. The normalized spacial score (nSPS) is 12.5. The standard InChI is InChI=1S/C7H9NOS/c1-6(4-9)8-7-2-3-10-5-7/h2-6,8H,1H3. The van der Waals surface area contributed by atoms with Crippen molar-refractivity contribution in [1.82, 2.24) is 0 Å². The molecule has 2 nitrogen and oxygen atoms in total. The van der Waals surface area contributed by atoms with Gasteiger partial charge in [0.2, 0.25) is 0 Å². The molecule has 0 bridgehead atoms. The zero-order valence-electron chi connectivity index (χ0n) is 5.70. The summed E-state index contributed by atoms with van der Waals surface area (Å²) in [4.78, 5) is 10.2. The quantitative estimate of drug-likeness (QED) is 0.674. The number of hydrogen-bond acceptors (Lipinski definition) is 3. The van der Waals surface area contributed by atoms with Gasteiger partial charge in [0, 0.05) is 11.1 Å². The maximum Gasteiger partial charge on any atom is 0.141 e. The van der Waals surface area contributed by atoms with Crippen molar-refractivity contribution in [2.45, 2.75) is 13.0 Å². The van der Waals surface area contributed by atoms with Gasteiger partial charge >= 0.3 is 0 Å². The predicted molar refractivity (Wildman–Crippen MR) is 43.5 cm³/mol. The Labute approximate surface area is 63.9 Å². The highest BCUT2D eigenvalue weighted by Gasteiger charge is 1.97. The number of nitrogens with one attached hydrogen (secondary N) is 1. The maximum absolute atomic E-state index is 10.2. The van der Waals surface area contributed by atoms with Crippen LogP contribution in [0, 0.1) is 0 Å². The van der Waals surface area contributed by atoms with Crippen molar-refractivity contribution >= 4 is 23.3 Å². The Morgan fingerprint density at radius 2 is 2.60 bits per heavy atom. The molecule has 54 valence electrons. The summed E-state index contributed by atoms with van der Waals surface area (Å²) in [6, 6.07) is 1.86. The van der Waals surface area contributed by atoms with Crippen molar-refractivity contribution < 1.29 is 4.79 Å². The molecule has 0 aliphatic carbocycles. The van der Waals surface area contributed by atoms with E-state index in [4.69, 9.17) is 0 Å². The van der Waals surface area contributed by atoms with Crippen LogP contribution in [-0.2, 0) is 4.79 Å². The van der Waals surface area contributed by atoms with Crippen molar-refractivity contribution in [3.63, 3.8) is 0 Å². The Bertz CT molecular complexity index is 195. The van der Waals surface area contributed by atoms with Crippen molar-refractivity contribution in [3.8, 4) is 0 Å². The van der Waals surface area contributed by atoms with Crippen LogP contribution in [0.1, 0.15) is 6.92 Å². The number of anilines is 1. The molecule has 0 aliphatic heterocycles. The summed E-state index contributed by atoms with van der Waals surface area (Å²) >= 11 is 1.61. The monoisotopic (exact) mass is 155 g/mol. The van der Waals surface area contributed by atoms with Crippen LogP contribution in [0.5, 0.6) is 0 Å². The molecule has 1 aromatic heterocycles. The highest BCUT2D eigenvalue weighted by molar-refractivity contribution is 7.08. The third-order valence-corrected chi connectivity index (χ3v) is 1.80. The second-order valence-electron chi connectivity index (χ2n) is 2.08. The minimum atomic E-state index is -0.0883. The topological polar surface area (TPSA) is 29.1 Å². The van der Waals surface area contributed by atoms with Gasteiger partial charge in [-0.25, -0.2) is 0 Å². The lowest BCUT2D eigenvalue weighted by molar-refractivity contribution is -0.108. The van der Waals surface area contributed by atoms with Crippen molar-refractivity contribution in [1.29, 1.82) is 0 Å². The van der Waals surface area contributed by atoms with E-state index in [-0.39, 0.29) is 6.04 Å². The van der Waals surface area contributed by atoms with E-state index in [1.165, 1.54) is 0 Å². The number of carbonyl (C=O) groups excluding carboxylic acids is 1. The Morgan fingerprint density at radius 1 is 1.80 bits per heavy atom. The predicted octanol–water partition coefficient (Wildman–Crippen LogP) is 1.75. The molecule has 1 N–H and O–H groups in total. The fourth-order valence-electron chi connectivity index (χ4n) is 0.644. The van der Waals surface area contributed by atoms with E-state index in [1.54, 1.807) is 11.3 Å². The molecule has 1 heterocycles. The largest absolute Gasteiger partial charge is 0.375 e. The van der Waals surface area contributed by atoms with Crippen molar-refractivity contribution in [2.75, 3.05) is 5.32 Å². The average molecular weight is 155 g/mol. The van der Waals surface area contributed by atoms with Gasteiger partial charge in [-0.1, -0.05) is 0 Å². The van der Waals surface area contributed by atoms with Crippen molar-refractivity contribution in [3.05, 3.63) is 16.8 Å². The van der Waals surface area contributed by atoms with Crippen LogP contribution in [0.3, 0.4) is 0 Å². The lowest BCUT2D eigenvalue weighted by Crippen LogP contribution is -2.15. The summed E-state index contributed by atoms with van der Waals surface area (Å²) in [5.41, 5.74) is 1.02. The number of rotatable bonds is 3. The van der Waals surface area contributed by atoms with Gasteiger partial charge in [-0.15, -0.1) is 0 Å². The second-order valence-corrected chi connectivity index (χ2v) is 2.86. The molecule has 1 unspecified atom stereocenters. The van der Waals surface area contributed by atoms with Gasteiger partial charge < -0.3 is 10.1 Å². The van der Waals surface area contributed by atoms with E-state index in [0.29, 0.717) is 0 Å². The Balaban J connectivity index is 2.47. The first kappa shape index (κ1) is 7.28. The van der Waals surface area contributed by atoms with Crippen LogP contribution in [0.25, 0.3) is 0 Å². The molecule has 0 aliphatic rings. The minimum Gasteiger partial charge on any atom is -0.375 e. The third kappa shape index (κ3) is 1.84. The van der Waals surface area contributed by atoms with E-state index in [1.807, 2.05) is 23.8 Å². The molecular weight excluding hydrogens is 146 g/mol. The first-order valence-electron chi connectivity index (χ1n) is 3.07. The second kappa shape index (κ2) is 3.37. The molecule has 0 spiro atoms. The first-order chi connectivity index (χ1) is 4.83. The summed E-state index contributed by atoms with van der Waals surface area (Å²) in [6.07, 6.45) is 0.887. The van der Waals surface area contributed by atoms with Crippen LogP contribution < -0.4 is 5.32 Å². The summed E-state index contributed by atoms with van der Waals surface area (Å²) in [6.45, 7) is 1.82. The summed E-state index contributed by atoms with van der Waals surface area (Å²) < 4.78 is 0. The average Bonchev–Trinajstić information content (AvgIpc) is 2.40. The van der Waals surface area contributed by atoms with Gasteiger partial charge in [-0.2, -0.15) is 11.3 Å². The molecule has 3 heteroatoms. The van der Waals surface area contributed by atoms with Crippen molar-refractivity contribution in [2.24, 2.45) is 0 Å². The lowest BCUT2D eigenvalue weighted by atomic mass is 10.3. The highest BCUT2D eigenvalue weighted by Crippen LogP contribution is 2.11. The Hall–Kier alpha value is -0.830. The van der Waals surface area contributed by atoms with Gasteiger partial charge in [-0.05, 0) is 18.4 Å². The van der Waals surface area contributed by atoms with E-state index >= 15 is 0 Å². The van der Waals surface area contributed by atoms with E-state index in [2.05, 4.69) is 5.32 Å². The molecule has 0 aromatic carbocycles. The molecule has 0 saturated heterocycles. The summed E-state index contributed by atoms with van der Waals surface area (Å²) in [5, 5.41) is 6.96. The van der Waals surface area contributed by atoms with Crippen LogP contribution in [0.2, 0.25) is 0 Å². The van der Waals surface area contributed by atoms with E-state index < -0.39 is 0 Å². The molecular formula is C7H9NOS. The SMILES string of the molecule is CC(C=O)Nc1ccsc1.